The Morgan fingerprint density at radius 3 is 2.24 bits per heavy atom. The molecule has 2 aliphatic rings. The largest absolute Gasteiger partial charge is 0.394 e. The Balaban J connectivity index is 2.24. The van der Waals surface area contributed by atoms with Crippen molar-refractivity contribution in [2.24, 2.45) is 0 Å². The molecule has 2 heterocycles. The van der Waals surface area contributed by atoms with Crippen LogP contribution in [0.15, 0.2) is 0 Å². The lowest BCUT2D eigenvalue weighted by molar-refractivity contribution is -0.344. The van der Waals surface area contributed by atoms with Crippen molar-refractivity contribution in [3.8, 4) is 0 Å². The predicted molar refractivity (Wildman–Crippen MR) is 92.0 cm³/mol. The number of hydrogen-bond donors (Lipinski definition) is 7. The molecule has 0 radical (unpaired) electrons. The summed E-state index contributed by atoms with van der Waals surface area (Å²) in [5, 5.41) is 54.9. The van der Waals surface area contributed by atoms with Crippen LogP contribution >= 0.6 is 0 Å². The van der Waals surface area contributed by atoms with Crippen LogP contribution in [0.25, 0.3) is 0 Å². The summed E-state index contributed by atoms with van der Waals surface area (Å²) >= 11 is 0. The fourth-order valence-electron chi connectivity index (χ4n) is 3.34. The van der Waals surface area contributed by atoms with Gasteiger partial charge in [0.15, 0.2) is 12.6 Å². The maximum Gasteiger partial charge on any atom is 0.217 e. The van der Waals surface area contributed by atoms with Gasteiger partial charge in [-0.15, -0.1) is 0 Å². The quantitative estimate of drug-likeness (QED) is 0.185. The predicted octanol–water partition coefficient (Wildman–Crippen LogP) is -4.85. The summed E-state index contributed by atoms with van der Waals surface area (Å²) in [6.07, 6.45) is -12.1. The fraction of sp³-hybridized carbons (Fsp3) is 0.875. The van der Waals surface area contributed by atoms with Crippen LogP contribution in [0.1, 0.15) is 6.92 Å². The SMILES string of the molecule is COC1OC(CNC=O)C(OC2OC(CO)C(O)C(O)C2O)C(O)C1NC(C)=O. The number of methoxy groups -OCH3 is 1. The second-order valence-corrected chi connectivity index (χ2v) is 6.82. The van der Waals surface area contributed by atoms with Gasteiger partial charge in [-0.25, -0.2) is 0 Å². The van der Waals surface area contributed by atoms with Crippen molar-refractivity contribution >= 4 is 12.3 Å². The van der Waals surface area contributed by atoms with Crippen LogP contribution in [0, 0.1) is 0 Å². The first-order valence-corrected chi connectivity index (χ1v) is 9.01. The molecule has 10 atom stereocenters. The third-order valence-corrected chi connectivity index (χ3v) is 4.82. The topological polar surface area (TPSA) is 196 Å². The third-order valence-electron chi connectivity index (χ3n) is 4.82. The van der Waals surface area contributed by atoms with Gasteiger partial charge in [-0.3, -0.25) is 9.59 Å². The average Bonchev–Trinajstić information content (AvgIpc) is 2.69. The third kappa shape index (κ3) is 5.39. The lowest BCUT2D eigenvalue weighted by atomic mass is 9.95. The second-order valence-electron chi connectivity index (χ2n) is 6.82. The number of aliphatic hydroxyl groups is 5. The Bertz CT molecular complexity index is 551. The van der Waals surface area contributed by atoms with Gasteiger partial charge in [-0.05, 0) is 0 Å². The zero-order valence-corrected chi connectivity index (χ0v) is 16.0. The number of aliphatic hydroxyl groups excluding tert-OH is 5. The van der Waals surface area contributed by atoms with Gasteiger partial charge in [0.05, 0.1) is 6.61 Å². The minimum Gasteiger partial charge on any atom is -0.394 e. The van der Waals surface area contributed by atoms with Gasteiger partial charge in [0.2, 0.25) is 12.3 Å². The molecule has 0 aromatic rings. The van der Waals surface area contributed by atoms with E-state index in [2.05, 4.69) is 10.6 Å². The standard InChI is InChI=1S/C16H28N2O11/c1-6(21)18-9-11(23)14(7(3-17-5-20)27-15(9)26-2)29-16-13(25)12(24)10(22)8(4-19)28-16/h5,7-16,19,22-25H,3-4H2,1-2H3,(H,17,20)(H,18,21). The highest BCUT2D eigenvalue weighted by Crippen LogP contribution is 2.29. The molecule has 7 N–H and O–H groups in total. The van der Waals surface area contributed by atoms with E-state index in [1.165, 1.54) is 14.0 Å². The van der Waals surface area contributed by atoms with E-state index in [1.54, 1.807) is 0 Å². The summed E-state index contributed by atoms with van der Waals surface area (Å²) in [6, 6.07) is -1.06. The van der Waals surface area contributed by atoms with Gasteiger partial charge in [0, 0.05) is 20.6 Å². The summed E-state index contributed by atoms with van der Waals surface area (Å²) < 4.78 is 21.8. The monoisotopic (exact) mass is 424 g/mol. The zero-order chi connectivity index (χ0) is 21.7. The molecule has 0 saturated carbocycles. The van der Waals surface area contributed by atoms with Crippen LogP contribution < -0.4 is 10.6 Å². The molecule has 0 aromatic heterocycles. The van der Waals surface area contributed by atoms with Crippen LogP contribution in [-0.2, 0) is 28.5 Å². The Kier molecular flexibility index (Phi) is 8.69. The van der Waals surface area contributed by atoms with Crippen LogP contribution in [0.4, 0.5) is 0 Å². The molecular formula is C16H28N2O11. The second kappa shape index (κ2) is 10.6. The molecule has 168 valence electrons. The van der Waals surface area contributed by atoms with E-state index >= 15 is 0 Å². The molecule has 29 heavy (non-hydrogen) atoms. The van der Waals surface area contributed by atoms with Crippen LogP contribution in [0.2, 0.25) is 0 Å². The number of amides is 2. The van der Waals surface area contributed by atoms with Gasteiger partial charge >= 0.3 is 0 Å². The van der Waals surface area contributed by atoms with Crippen molar-refractivity contribution in [3.05, 3.63) is 0 Å². The summed E-state index contributed by atoms with van der Waals surface area (Å²) in [6.45, 7) is 0.452. The maximum atomic E-state index is 11.5. The first-order chi connectivity index (χ1) is 13.7. The van der Waals surface area contributed by atoms with Crippen molar-refractivity contribution in [2.45, 2.75) is 68.3 Å². The van der Waals surface area contributed by atoms with Crippen molar-refractivity contribution in [2.75, 3.05) is 20.3 Å². The normalized spacial score (nSPS) is 42.9. The van der Waals surface area contributed by atoms with Crippen molar-refractivity contribution in [1.29, 1.82) is 0 Å². The van der Waals surface area contributed by atoms with Gasteiger partial charge in [0.1, 0.15) is 48.8 Å². The number of nitrogens with one attached hydrogen (secondary N) is 2. The summed E-state index contributed by atoms with van der Waals surface area (Å²) in [5.74, 6) is -0.476. The Hall–Kier alpha value is -1.42. The van der Waals surface area contributed by atoms with E-state index in [9.17, 15) is 35.1 Å². The number of hydrogen-bond acceptors (Lipinski definition) is 11. The highest BCUT2D eigenvalue weighted by Gasteiger charge is 2.51. The van der Waals surface area contributed by atoms with Gasteiger partial charge < -0.3 is 55.1 Å². The van der Waals surface area contributed by atoms with Crippen molar-refractivity contribution in [3.63, 3.8) is 0 Å². The maximum absolute atomic E-state index is 11.5. The van der Waals surface area contributed by atoms with Gasteiger partial charge in [-0.1, -0.05) is 0 Å². The highest BCUT2D eigenvalue weighted by molar-refractivity contribution is 5.73. The molecule has 2 rings (SSSR count). The van der Waals surface area contributed by atoms with Crippen LogP contribution in [0.3, 0.4) is 0 Å². The number of ether oxygens (including phenoxy) is 4. The van der Waals surface area contributed by atoms with E-state index in [0.717, 1.165) is 0 Å². The molecule has 2 fully saturated rings. The molecule has 13 nitrogen and oxygen atoms in total. The average molecular weight is 424 g/mol. The fourth-order valence-corrected chi connectivity index (χ4v) is 3.34. The molecular weight excluding hydrogens is 396 g/mol. The summed E-state index contributed by atoms with van der Waals surface area (Å²) in [5.41, 5.74) is 0. The molecule has 2 saturated heterocycles. The summed E-state index contributed by atoms with van der Waals surface area (Å²) in [4.78, 5) is 22.2. The van der Waals surface area contributed by atoms with E-state index in [0.29, 0.717) is 6.41 Å². The van der Waals surface area contributed by atoms with Gasteiger partial charge in [-0.2, -0.15) is 0 Å². The molecule has 10 unspecified atom stereocenters. The van der Waals surface area contributed by atoms with Crippen molar-refractivity contribution in [1.82, 2.24) is 10.6 Å². The van der Waals surface area contributed by atoms with Gasteiger partial charge in [0.25, 0.3) is 0 Å². The molecule has 0 aliphatic carbocycles. The van der Waals surface area contributed by atoms with Crippen LogP contribution in [-0.4, -0.2) is 119 Å². The molecule has 2 amide bonds. The first-order valence-electron chi connectivity index (χ1n) is 9.01. The molecule has 2 aliphatic heterocycles. The Morgan fingerprint density at radius 2 is 1.69 bits per heavy atom. The highest BCUT2D eigenvalue weighted by atomic mass is 16.7. The van der Waals surface area contributed by atoms with E-state index in [4.69, 9.17) is 18.9 Å². The Labute approximate surface area is 166 Å². The van der Waals surface area contributed by atoms with E-state index in [-0.39, 0.29) is 6.54 Å². The molecule has 0 bridgehead atoms. The minimum absolute atomic E-state index is 0.116. The van der Waals surface area contributed by atoms with E-state index in [1.807, 2.05) is 0 Å². The molecule has 0 spiro atoms. The minimum atomic E-state index is -1.71. The summed E-state index contributed by atoms with van der Waals surface area (Å²) in [7, 11) is 1.30. The lowest BCUT2D eigenvalue weighted by Crippen LogP contribution is -2.68. The van der Waals surface area contributed by atoms with Crippen LogP contribution in [0.5, 0.6) is 0 Å². The number of carbonyl (C=O) groups is 2. The smallest absolute Gasteiger partial charge is 0.217 e. The number of carbonyl (C=O) groups excluding carboxylic acids is 2. The lowest BCUT2D eigenvalue weighted by Gasteiger charge is -2.47. The van der Waals surface area contributed by atoms with Crippen molar-refractivity contribution < 1.29 is 54.1 Å². The Morgan fingerprint density at radius 1 is 1.03 bits per heavy atom. The van der Waals surface area contributed by atoms with E-state index < -0.39 is 73.9 Å². The zero-order valence-electron chi connectivity index (χ0n) is 16.0. The first kappa shape index (κ1) is 23.9. The number of rotatable bonds is 8. The molecule has 13 heteroatoms. The molecule has 0 aromatic carbocycles.